The van der Waals surface area contributed by atoms with Crippen molar-refractivity contribution >= 4 is 17.3 Å². The average Bonchev–Trinajstić information content (AvgIpc) is 2.74. The fourth-order valence-corrected chi connectivity index (χ4v) is 2.50. The Morgan fingerprint density at radius 1 is 1.44 bits per heavy atom. The zero-order valence-corrected chi connectivity index (χ0v) is 11.3. The van der Waals surface area contributed by atoms with Gasteiger partial charge in [-0.2, -0.15) is 0 Å². The van der Waals surface area contributed by atoms with Gasteiger partial charge in [-0.1, -0.05) is 0 Å². The number of nitrogens with two attached hydrogens (primary N) is 1. The Morgan fingerprint density at radius 2 is 2.17 bits per heavy atom. The summed E-state index contributed by atoms with van der Waals surface area (Å²) in [6.45, 7) is 3.19. The van der Waals surface area contributed by atoms with E-state index in [-0.39, 0.29) is 5.91 Å². The quantitative estimate of drug-likeness (QED) is 0.813. The summed E-state index contributed by atoms with van der Waals surface area (Å²) in [7, 11) is 3.55. The number of hydrogen-bond acceptors (Lipinski definition) is 3. The molecule has 1 aromatic carbocycles. The summed E-state index contributed by atoms with van der Waals surface area (Å²) in [5.41, 5.74) is 8.28. The first-order chi connectivity index (χ1) is 8.50. The second-order valence-electron chi connectivity index (χ2n) is 5.16. The molecule has 4 heteroatoms. The molecule has 1 aromatic rings. The Morgan fingerprint density at radius 3 is 2.72 bits per heavy atom. The van der Waals surface area contributed by atoms with E-state index in [1.54, 1.807) is 25.1 Å². The third-order valence-electron chi connectivity index (χ3n) is 3.52. The van der Waals surface area contributed by atoms with Crippen molar-refractivity contribution in [2.24, 2.45) is 0 Å². The Labute approximate surface area is 108 Å². The maximum atomic E-state index is 12.2. The summed E-state index contributed by atoms with van der Waals surface area (Å²) in [6, 6.07) is 6.01. The van der Waals surface area contributed by atoms with E-state index < -0.39 is 0 Å². The lowest BCUT2D eigenvalue weighted by Gasteiger charge is -2.27. The molecular weight excluding hydrogens is 226 g/mol. The molecule has 0 bridgehead atoms. The van der Waals surface area contributed by atoms with Gasteiger partial charge in [0.15, 0.2) is 0 Å². The molecule has 1 fully saturated rings. The molecule has 18 heavy (non-hydrogen) atoms. The highest BCUT2D eigenvalue weighted by molar-refractivity contribution is 6.00. The lowest BCUT2D eigenvalue weighted by molar-refractivity contribution is 0.0828. The minimum Gasteiger partial charge on any atom is -0.399 e. The van der Waals surface area contributed by atoms with Gasteiger partial charge < -0.3 is 15.5 Å². The zero-order valence-electron chi connectivity index (χ0n) is 11.3. The molecule has 1 amide bonds. The number of benzene rings is 1. The van der Waals surface area contributed by atoms with Crippen molar-refractivity contribution in [3.8, 4) is 0 Å². The van der Waals surface area contributed by atoms with E-state index >= 15 is 0 Å². The number of rotatable bonds is 2. The fraction of sp³-hybridized carbons (Fsp3) is 0.500. The summed E-state index contributed by atoms with van der Waals surface area (Å²) < 4.78 is 0. The van der Waals surface area contributed by atoms with Crippen LogP contribution in [0.5, 0.6) is 0 Å². The van der Waals surface area contributed by atoms with E-state index in [9.17, 15) is 4.79 Å². The van der Waals surface area contributed by atoms with Crippen LogP contribution >= 0.6 is 0 Å². The van der Waals surface area contributed by atoms with Crippen LogP contribution in [0.15, 0.2) is 18.2 Å². The Balaban J connectivity index is 2.44. The lowest BCUT2D eigenvalue weighted by atomic mass is 10.1. The van der Waals surface area contributed by atoms with Gasteiger partial charge in [0.05, 0.1) is 11.3 Å². The van der Waals surface area contributed by atoms with Crippen LogP contribution in [0.25, 0.3) is 0 Å². The standard InChI is InChI=1S/C14H21N3O/c1-10-5-4-8-17(10)13-9-11(15)6-7-12(13)14(18)16(2)3/h6-7,9-10H,4-5,8,15H2,1-3H3. The lowest BCUT2D eigenvalue weighted by Crippen LogP contribution is -2.30. The summed E-state index contributed by atoms with van der Waals surface area (Å²) in [5.74, 6) is 0.0316. The number of carbonyl (C=O) groups is 1. The van der Waals surface area contributed by atoms with E-state index in [0.29, 0.717) is 11.7 Å². The van der Waals surface area contributed by atoms with Crippen molar-refractivity contribution in [1.29, 1.82) is 0 Å². The third-order valence-corrected chi connectivity index (χ3v) is 3.52. The number of nitrogen functional groups attached to an aromatic ring is 1. The Bertz CT molecular complexity index is 456. The minimum absolute atomic E-state index is 0.0316. The van der Waals surface area contributed by atoms with Crippen molar-refractivity contribution in [3.05, 3.63) is 23.8 Å². The molecule has 1 saturated heterocycles. The van der Waals surface area contributed by atoms with Crippen LogP contribution < -0.4 is 10.6 Å². The number of anilines is 2. The SMILES string of the molecule is CC1CCCN1c1cc(N)ccc1C(=O)N(C)C. The molecular formula is C14H21N3O. The maximum absolute atomic E-state index is 12.2. The molecule has 0 saturated carbocycles. The van der Waals surface area contributed by atoms with Gasteiger partial charge in [0.25, 0.3) is 5.91 Å². The maximum Gasteiger partial charge on any atom is 0.255 e. The molecule has 1 aliphatic rings. The zero-order chi connectivity index (χ0) is 13.3. The van der Waals surface area contributed by atoms with Gasteiger partial charge in [0.2, 0.25) is 0 Å². The Kier molecular flexibility index (Phi) is 3.45. The van der Waals surface area contributed by atoms with Gasteiger partial charge in [0.1, 0.15) is 0 Å². The van der Waals surface area contributed by atoms with Gasteiger partial charge in [-0.15, -0.1) is 0 Å². The van der Waals surface area contributed by atoms with Crippen LogP contribution in [-0.2, 0) is 0 Å². The van der Waals surface area contributed by atoms with Crippen LogP contribution in [0.4, 0.5) is 11.4 Å². The number of nitrogens with zero attached hydrogens (tertiary/aromatic N) is 2. The van der Waals surface area contributed by atoms with Crippen molar-refractivity contribution in [3.63, 3.8) is 0 Å². The molecule has 0 radical (unpaired) electrons. The van der Waals surface area contributed by atoms with Crippen molar-refractivity contribution in [2.45, 2.75) is 25.8 Å². The second kappa shape index (κ2) is 4.88. The molecule has 2 rings (SSSR count). The van der Waals surface area contributed by atoms with E-state index in [0.717, 1.165) is 17.8 Å². The molecule has 0 aliphatic carbocycles. The topological polar surface area (TPSA) is 49.6 Å². The fourth-order valence-electron chi connectivity index (χ4n) is 2.50. The molecule has 0 spiro atoms. The average molecular weight is 247 g/mol. The van der Waals surface area contributed by atoms with Gasteiger partial charge in [0, 0.05) is 32.4 Å². The van der Waals surface area contributed by atoms with Gasteiger partial charge in [-0.25, -0.2) is 0 Å². The number of carbonyl (C=O) groups excluding carboxylic acids is 1. The molecule has 4 nitrogen and oxygen atoms in total. The first kappa shape index (κ1) is 12.7. The van der Waals surface area contributed by atoms with Crippen molar-refractivity contribution < 1.29 is 4.79 Å². The summed E-state index contributed by atoms with van der Waals surface area (Å²) >= 11 is 0. The molecule has 1 heterocycles. The molecule has 0 aromatic heterocycles. The molecule has 2 N–H and O–H groups in total. The first-order valence-electron chi connectivity index (χ1n) is 6.38. The highest BCUT2D eigenvalue weighted by atomic mass is 16.2. The highest BCUT2D eigenvalue weighted by Gasteiger charge is 2.25. The predicted molar refractivity (Wildman–Crippen MR) is 74.9 cm³/mol. The molecule has 1 aliphatic heterocycles. The van der Waals surface area contributed by atoms with Crippen LogP contribution in [0.2, 0.25) is 0 Å². The normalized spacial score (nSPS) is 19.1. The van der Waals surface area contributed by atoms with E-state index in [4.69, 9.17) is 5.73 Å². The van der Waals surface area contributed by atoms with Crippen LogP contribution in [0.3, 0.4) is 0 Å². The van der Waals surface area contributed by atoms with Gasteiger partial charge in [-0.05, 0) is 38.0 Å². The smallest absolute Gasteiger partial charge is 0.255 e. The Hall–Kier alpha value is -1.71. The highest BCUT2D eigenvalue weighted by Crippen LogP contribution is 2.30. The summed E-state index contributed by atoms with van der Waals surface area (Å²) in [5, 5.41) is 0. The summed E-state index contributed by atoms with van der Waals surface area (Å²) in [4.78, 5) is 16.1. The molecule has 1 atom stereocenters. The largest absolute Gasteiger partial charge is 0.399 e. The van der Waals surface area contributed by atoms with Crippen molar-refractivity contribution in [1.82, 2.24) is 4.90 Å². The van der Waals surface area contributed by atoms with Gasteiger partial charge >= 0.3 is 0 Å². The van der Waals surface area contributed by atoms with Crippen molar-refractivity contribution in [2.75, 3.05) is 31.3 Å². The monoisotopic (exact) mass is 247 g/mol. The minimum atomic E-state index is 0.0316. The number of amides is 1. The number of hydrogen-bond donors (Lipinski definition) is 1. The van der Waals surface area contributed by atoms with Crippen LogP contribution in [0, 0.1) is 0 Å². The first-order valence-corrected chi connectivity index (χ1v) is 6.38. The van der Waals surface area contributed by atoms with Crippen LogP contribution in [0.1, 0.15) is 30.1 Å². The predicted octanol–water partition coefficient (Wildman–Crippen LogP) is 1.96. The third kappa shape index (κ3) is 2.28. The van der Waals surface area contributed by atoms with E-state index in [2.05, 4.69) is 11.8 Å². The summed E-state index contributed by atoms with van der Waals surface area (Å²) in [6.07, 6.45) is 2.34. The van der Waals surface area contributed by atoms with E-state index in [1.165, 1.54) is 12.8 Å². The van der Waals surface area contributed by atoms with Crippen LogP contribution in [-0.4, -0.2) is 37.5 Å². The molecule has 1 unspecified atom stereocenters. The second-order valence-corrected chi connectivity index (χ2v) is 5.16. The van der Waals surface area contributed by atoms with Gasteiger partial charge in [-0.3, -0.25) is 4.79 Å². The molecule has 98 valence electrons. The van der Waals surface area contributed by atoms with E-state index in [1.807, 2.05) is 12.1 Å².